The Labute approximate surface area is 124 Å². The van der Waals surface area contributed by atoms with Crippen molar-refractivity contribution in [2.45, 2.75) is 59.0 Å². The highest BCUT2D eigenvalue weighted by molar-refractivity contribution is 7.99. The van der Waals surface area contributed by atoms with E-state index in [1.807, 2.05) is 0 Å². The lowest BCUT2D eigenvalue weighted by Gasteiger charge is -2.33. The van der Waals surface area contributed by atoms with Gasteiger partial charge in [-0.15, -0.1) is 0 Å². The van der Waals surface area contributed by atoms with Crippen LogP contribution in [0, 0.1) is 0 Å². The molecule has 0 aromatic carbocycles. The van der Waals surface area contributed by atoms with Gasteiger partial charge in [-0.1, -0.05) is 18.6 Å². The molecule has 0 amide bonds. The third kappa shape index (κ3) is 8.01. The molecule has 1 fully saturated rings. The van der Waals surface area contributed by atoms with Crippen molar-refractivity contribution >= 4 is 11.8 Å². The number of rotatable bonds is 8. The Bertz CT molecular complexity index is 253. The molecule has 0 aromatic rings. The fraction of sp³-hybridized carbons (Fsp3) is 0.875. The van der Waals surface area contributed by atoms with Crippen LogP contribution in [-0.2, 0) is 0 Å². The summed E-state index contributed by atoms with van der Waals surface area (Å²) in [4.78, 5) is 2.57. The van der Waals surface area contributed by atoms with Crippen molar-refractivity contribution in [1.29, 1.82) is 0 Å². The number of nitrogens with one attached hydrogen (secondary N) is 1. The van der Waals surface area contributed by atoms with Crippen LogP contribution >= 0.6 is 11.8 Å². The summed E-state index contributed by atoms with van der Waals surface area (Å²) in [6, 6.07) is 1.41. The molecule has 19 heavy (non-hydrogen) atoms. The predicted molar refractivity (Wildman–Crippen MR) is 89.1 cm³/mol. The molecule has 112 valence electrons. The number of likely N-dealkylation sites (tertiary alicyclic amines) is 1. The zero-order valence-corrected chi connectivity index (χ0v) is 14.1. The van der Waals surface area contributed by atoms with Crippen LogP contribution in [0.15, 0.2) is 11.6 Å². The molecular formula is C16H32N2S. The van der Waals surface area contributed by atoms with Gasteiger partial charge in [0.1, 0.15) is 0 Å². The van der Waals surface area contributed by atoms with Crippen molar-refractivity contribution in [2.24, 2.45) is 0 Å². The summed E-state index contributed by atoms with van der Waals surface area (Å²) in [5.41, 5.74) is 1.43. The van der Waals surface area contributed by atoms with Gasteiger partial charge in [-0.2, -0.15) is 11.8 Å². The molecule has 3 heteroatoms. The van der Waals surface area contributed by atoms with Gasteiger partial charge in [0.05, 0.1) is 0 Å². The summed E-state index contributed by atoms with van der Waals surface area (Å²) in [6.45, 7) is 12.6. The monoisotopic (exact) mass is 284 g/mol. The SMILES string of the molecule is CCSCCC(C)NC1CCN(CC=C(C)C)CC1. The lowest BCUT2D eigenvalue weighted by Crippen LogP contribution is -2.45. The number of allylic oxidation sites excluding steroid dienone is 1. The van der Waals surface area contributed by atoms with Crippen LogP contribution < -0.4 is 5.32 Å². The second kappa shape index (κ2) is 9.84. The molecule has 1 atom stereocenters. The van der Waals surface area contributed by atoms with Crippen molar-refractivity contribution in [3.63, 3.8) is 0 Å². The minimum atomic E-state index is 0.674. The lowest BCUT2D eigenvalue weighted by atomic mass is 10.0. The van der Waals surface area contributed by atoms with Gasteiger partial charge in [0.25, 0.3) is 0 Å². The maximum absolute atomic E-state index is 3.81. The smallest absolute Gasteiger partial charge is 0.0165 e. The summed E-state index contributed by atoms with van der Waals surface area (Å²) < 4.78 is 0. The van der Waals surface area contributed by atoms with E-state index in [4.69, 9.17) is 0 Å². The van der Waals surface area contributed by atoms with E-state index in [9.17, 15) is 0 Å². The van der Waals surface area contributed by atoms with Gasteiger partial charge < -0.3 is 5.32 Å². The molecule has 0 spiro atoms. The second-order valence-electron chi connectivity index (χ2n) is 5.91. The molecule has 0 aliphatic carbocycles. The molecule has 0 radical (unpaired) electrons. The first-order valence-electron chi connectivity index (χ1n) is 7.81. The quantitative estimate of drug-likeness (QED) is 0.542. The number of piperidine rings is 1. The Morgan fingerprint density at radius 3 is 2.63 bits per heavy atom. The Morgan fingerprint density at radius 1 is 1.37 bits per heavy atom. The number of thioether (sulfide) groups is 1. The molecule has 1 heterocycles. The van der Waals surface area contributed by atoms with Crippen LogP contribution in [0.4, 0.5) is 0 Å². The zero-order valence-electron chi connectivity index (χ0n) is 13.2. The Balaban J connectivity index is 2.13. The molecule has 0 bridgehead atoms. The topological polar surface area (TPSA) is 15.3 Å². The average Bonchev–Trinajstić information content (AvgIpc) is 2.38. The highest BCUT2D eigenvalue weighted by Crippen LogP contribution is 2.12. The Kier molecular flexibility index (Phi) is 8.84. The van der Waals surface area contributed by atoms with Gasteiger partial charge >= 0.3 is 0 Å². The standard InChI is InChI=1S/C16H32N2S/c1-5-19-13-9-15(4)17-16-7-11-18(12-8-16)10-6-14(2)3/h6,15-17H,5,7-13H2,1-4H3. The summed E-state index contributed by atoms with van der Waals surface area (Å²) >= 11 is 2.05. The second-order valence-corrected chi connectivity index (χ2v) is 7.30. The number of hydrogen-bond acceptors (Lipinski definition) is 3. The molecule has 1 aliphatic rings. The molecule has 0 aromatic heterocycles. The van der Waals surface area contributed by atoms with Gasteiger partial charge in [0, 0.05) is 18.6 Å². The number of hydrogen-bond donors (Lipinski definition) is 1. The molecule has 2 nitrogen and oxygen atoms in total. The average molecular weight is 285 g/mol. The highest BCUT2D eigenvalue weighted by Gasteiger charge is 2.19. The van der Waals surface area contributed by atoms with E-state index in [1.165, 1.54) is 49.4 Å². The Hall–Kier alpha value is 0.0100. The number of nitrogens with zero attached hydrogens (tertiary/aromatic N) is 1. The third-order valence-electron chi connectivity index (χ3n) is 3.76. The first kappa shape index (κ1) is 17.1. The van der Waals surface area contributed by atoms with Crippen LogP contribution in [0.1, 0.15) is 47.0 Å². The molecule has 1 N–H and O–H groups in total. The molecule has 1 rings (SSSR count). The molecular weight excluding hydrogens is 252 g/mol. The highest BCUT2D eigenvalue weighted by atomic mass is 32.2. The van der Waals surface area contributed by atoms with Crippen LogP contribution in [0.5, 0.6) is 0 Å². The summed E-state index contributed by atoms with van der Waals surface area (Å²) in [6.07, 6.45) is 6.26. The van der Waals surface area contributed by atoms with E-state index < -0.39 is 0 Å². The van der Waals surface area contributed by atoms with E-state index in [0.29, 0.717) is 6.04 Å². The van der Waals surface area contributed by atoms with Gasteiger partial charge in [0.2, 0.25) is 0 Å². The minimum Gasteiger partial charge on any atom is -0.311 e. The molecule has 1 saturated heterocycles. The fourth-order valence-corrected chi connectivity index (χ4v) is 3.29. The van der Waals surface area contributed by atoms with Crippen molar-refractivity contribution in [1.82, 2.24) is 10.2 Å². The van der Waals surface area contributed by atoms with Crippen molar-refractivity contribution in [3.8, 4) is 0 Å². The van der Waals surface area contributed by atoms with E-state index in [0.717, 1.165) is 12.6 Å². The van der Waals surface area contributed by atoms with Gasteiger partial charge in [-0.3, -0.25) is 4.90 Å². The van der Waals surface area contributed by atoms with Crippen LogP contribution in [0.3, 0.4) is 0 Å². The normalized spacial score (nSPS) is 19.4. The van der Waals surface area contributed by atoms with Gasteiger partial charge in [-0.05, 0) is 64.6 Å². The van der Waals surface area contributed by atoms with Crippen LogP contribution in [0.25, 0.3) is 0 Å². The fourth-order valence-electron chi connectivity index (χ4n) is 2.48. The van der Waals surface area contributed by atoms with Crippen LogP contribution in [-0.4, -0.2) is 48.1 Å². The lowest BCUT2D eigenvalue weighted by molar-refractivity contribution is 0.207. The van der Waals surface area contributed by atoms with Gasteiger partial charge in [0.15, 0.2) is 0 Å². The molecule has 1 aliphatic heterocycles. The molecule has 1 unspecified atom stereocenters. The molecule has 0 saturated carbocycles. The van der Waals surface area contributed by atoms with Crippen molar-refractivity contribution in [2.75, 3.05) is 31.1 Å². The summed E-state index contributed by atoms with van der Waals surface area (Å²) in [7, 11) is 0. The maximum Gasteiger partial charge on any atom is 0.0165 e. The van der Waals surface area contributed by atoms with E-state index in [1.54, 1.807) is 0 Å². The largest absolute Gasteiger partial charge is 0.311 e. The third-order valence-corrected chi connectivity index (χ3v) is 4.70. The van der Waals surface area contributed by atoms with Crippen molar-refractivity contribution in [3.05, 3.63) is 11.6 Å². The van der Waals surface area contributed by atoms with E-state index >= 15 is 0 Å². The summed E-state index contributed by atoms with van der Waals surface area (Å²) in [5, 5.41) is 3.81. The van der Waals surface area contributed by atoms with Crippen molar-refractivity contribution < 1.29 is 0 Å². The first-order valence-corrected chi connectivity index (χ1v) is 8.96. The Morgan fingerprint density at radius 2 is 2.05 bits per heavy atom. The van der Waals surface area contributed by atoms with E-state index in [-0.39, 0.29) is 0 Å². The zero-order chi connectivity index (χ0) is 14.1. The predicted octanol–water partition coefficient (Wildman–Crippen LogP) is 3.54. The minimum absolute atomic E-state index is 0.674. The maximum atomic E-state index is 3.81. The van der Waals surface area contributed by atoms with Crippen LogP contribution in [0.2, 0.25) is 0 Å². The van der Waals surface area contributed by atoms with Gasteiger partial charge in [-0.25, -0.2) is 0 Å². The first-order chi connectivity index (χ1) is 9.11. The summed E-state index contributed by atoms with van der Waals surface area (Å²) in [5.74, 6) is 2.54. The van der Waals surface area contributed by atoms with E-state index in [2.05, 4.69) is 55.7 Å².